The molecule has 2 heterocycles. The van der Waals surface area contributed by atoms with E-state index in [2.05, 4.69) is 15.5 Å². The summed E-state index contributed by atoms with van der Waals surface area (Å²) < 4.78 is 28.4. The largest absolute Gasteiger partial charge is 0.392 e. The highest BCUT2D eigenvalue weighted by Crippen LogP contribution is 2.32. The van der Waals surface area contributed by atoms with Gasteiger partial charge < -0.3 is 5.11 Å². The molecule has 1 aromatic heterocycles. The number of benzene rings is 1. The van der Waals surface area contributed by atoms with E-state index in [1.54, 1.807) is 24.3 Å². The fourth-order valence-corrected chi connectivity index (χ4v) is 4.33. The maximum Gasteiger partial charge on any atom is 0.243 e. The minimum absolute atomic E-state index is 0.224. The number of aromatic nitrogens is 4. The minimum Gasteiger partial charge on any atom is -0.392 e. The van der Waals surface area contributed by atoms with Crippen LogP contribution in [0.2, 0.25) is 0 Å². The molecule has 0 saturated carbocycles. The molecule has 23 heavy (non-hydrogen) atoms. The predicted octanol–water partition coefficient (Wildman–Crippen LogP) is 0.444. The van der Waals surface area contributed by atoms with Crippen molar-refractivity contribution in [2.45, 2.75) is 31.3 Å². The molecule has 9 heteroatoms. The smallest absolute Gasteiger partial charge is 0.243 e. The molecular weight excluding hydrogens is 318 g/mol. The summed E-state index contributed by atoms with van der Waals surface area (Å²) in [5, 5.41) is 20.9. The van der Waals surface area contributed by atoms with Crippen molar-refractivity contribution in [1.82, 2.24) is 24.5 Å². The van der Waals surface area contributed by atoms with E-state index >= 15 is 0 Å². The summed E-state index contributed by atoms with van der Waals surface area (Å²) in [5.41, 5.74) is 0.223. The number of aliphatic hydroxyl groups excluding tert-OH is 1. The van der Waals surface area contributed by atoms with Crippen LogP contribution >= 0.6 is 0 Å². The van der Waals surface area contributed by atoms with Crippen molar-refractivity contribution in [1.29, 1.82) is 0 Å². The van der Waals surface area contributed by atoms with Crippen molar-refractivity contribution in [2.75, 3.05) is 13.1 Å². The average Bonchev–Trinajstić information content (AvgIpc) is 3.04. The van der Waals surface area contributed by atoms with Gasteiger partial charge >= 0.3 is 0 Å². The number of sulfonamides is 1. The average molecular weight is 337 g/mol. The summed E-state index contributed by atoms with van der Waals surface area (Å²) in [5.74, 6) is 0. The van der Waals surface area contributed by atoms with Crippen LogP contribution in [0.1, 0.15) is 20.3 Å². The number of hydrogen-bond donors (Lipinski definition) is 1. The second-order valence-electron chi connectivity index (χ2n) is 6.38. The van der Waals surface area contributed by atoms with E-state index in [9.17, 15) is 13.5 Å². The normalized spacial score (nSPS) is 22.1. The molecule has 1 N–H and O–H groups in total. The highest BCUT2D eigenvalue weighted by atomic mass is 32.2. The molecule has 1 atom stereocenters. The van der Waals surface area contributed by atoms with Crippen LogP contribution in [0.3, 0.4) is 0 Å². The van der Waals surface area contributed by atoms with Crippen LogP contribution in [0.15, 0.2) is 35.5 Å². The minimum atomic E-state index is -3.58. The number of aliphatic hydroxyl groups is 1. The Morgan fingerprint density at radius 1 is 1.26 bits per heavy atom. The Bertz CT molecular complexity index is 771. The monoisotopic (exact) mass is 337 g/mol. The van der Waals surface area contributed by atoms with Gasteiger partial charge in [-0.1, -0.05) is 13.8 Å². The van der Waals surface area contributed by atoms with Gasteiger partial charge in [-0.2, -0.15) is 4.31 Å². The lowest BCUT2D eigenvalue weighted by Crippen LogP contribution is -2.50. The quantitative estimate of drug-likeness (QED) is 0.872. The first-order valence-corrected chi connectivity index (χ1v) is 8.76. The first kappa shape index (κ1) is 16.0. The van der Waals surface area contributed by atoms with E-state index < -0.39 is 21.5 Å². The van der Waals surface area contributed by atoms with Gasteiger partial charge in [-0.05, 0) is 41.1 Å². The molecule has 1 aromatic carbocycles. The fraction of sp³-hybridized carbons (Fsp3) is 0.500. The Labute approximate surface area is 134 Å². The summed E-state index contributed by atoms with van der Waals surface area (Å²) in [6.07, 6.45) is 1.39. The first-order chi connectivity index (χ1) is 10.8. The molecule has 1 aliphatic rings. The zero-order chi connectivity index (χ0) is 16.7. The highest BCUT2D eigenvalue weighted by molar-refractivity contribution is 7.89. The molecule has 0 bridgehead atoms. The molecule has 1 saturated heterocycles. The van der Waals surface area contributed by atoms with Crippen LogP contribution in [0.5, 0.6) is 0 Å². The molecule has 0 amide bonds. The van der Waals surface area contributed by atoms with Crippen LogP contribution < -0.4 is 0 Å². The number of rotatable bonds is 3. The van der Waals surface area contributed by atoms with Crippen molar-refractivity contribution in [3.8, 4) is 5.69 Å². The van der Waals surface area contributed by atoms with Gasteiger partial charge in [0.25, 0.3) is 0 Å². The zero-order valence-corrected chi connectivity index (χ0v) is 13.8. The van der Waals surface area contributed by atoms with E-state index in [0.717, 1.165) is 0 Å². The van der Waals surface area contributed by atoms with Gasteiger partial charge in [0.05, 0.1) is 16.7 Å². The van der Waals surface area contributed by atoms with Crippen LogP contribution in [0, 0.1) is 5.41 Å². The van der Waals surface area contributed by atoms with Crippen LogP contribution in [-0.4, -0.2) is 57.2 Å². The summed E-state index contributed by atoms with van der Waals surface area (Å²) in [6.45, 7) is 4.37. The van der Waals surface area contributed by atoms with Crippen LogP contribution in [0.4, 0.5) is 0 Å². The lowest BCUT2D eigenvalue weighted by Gasteiger charge is -2.40. The number of tetrazole rings is 1. The van der Waals surface area contributed by atoms with Gasteiger partial charge in [0.15, 0.2) is 0 Å². The second kappa shape index (κ2) is 5.66. The second-order valence-corrected chi connectivity index (χ2v) is 8.32. The summed E-state index contributed by atoms with van der Waals surface area (Å²) in [6, 6.07) is 6.41. The van der Waals surface area contributed by atoms with Crippen LogP contribution in [0.25, 0.3) is 5.69 Å². The Hall–Kier alpha value is -1.84. The van der Waals surface area contributed by atoms with Gasteiger partial charge in [-0.25, -0.2) is 13.1 Å². The van der Waals surface area contributed by atoms with Crippen molar-refractivity contribution >= 4 is 10.0 Å². The van der Waals surface area contributed by atoms with E-state index in [0.29, 0.717) is 25.2 Å². The number of hydrogen-bond acceptors (Lipinski definition) is 6. The van der Waals surface area contributed by atoms with Gasteiger partial charge in [-0.3, -0.25) is 0 Å². The Morgan fingerprint density at radius 3 is 2.52 bits per heavy atom. The van der Waals surface area contributed by atoms with Gasteiger partial charge in [0, 0.05) is 18.5 Å². The predicted molar refractivity (Wildman–Crippen MR) is 82.3 cm³/mol. The molecule has 2 aromatic rings. The maximum absolute atomic E-state index is 12.8. The molecule has 1 unspecified atom stereocenters. The first-order valence-electron chi connectivity index (χ1n) is 7.32. The lowest BCUT2D eigenvalue weighted by atomic mass is 9.82. The summed E-state index contributed by atoms with van der Waals surface area (Å²) in [4.78, 5) is 0.224. The maximum atomic E-state index is 12.8. The van der Waals surface area contributed by atoms with Crippen molar-refractivity contribution < 1.29 is 13.5 Å². The van der Waals surface area contributed by atoms with E-state index in [4.69, 9.17) is 0 Å². The molecule has 1 fully saturated rings. The van der Waals surface area contributed by atoms with Gasteiger partial charge in [0.2, 0.25) is 10.0 Å². The van der Waals surface area contributed by atoms with Crippen molar-refractivity contribution in [3.63, 3.8) is 0 Å². The molecule has 124 valence electrons. The molecule has 0 radical (unpaired) electrons. The summed E-state index contributed by atoms with van der Waals surface area (Å²) in [7, 11) is -3.58. The van der Waals surface area contributed by atoms with E-state index in [1.807, 2.05) is 13.8 Å². The van der Waals surface area contributed by atoms with Gasteiger partial charge in [0.1, 0.15) is 6.33 Å². The molecule has 0 aliphatic carbocycles. The molecule has 8 nitrogen and oxygen atoms in total. The molecule has 0 spiro atoms. The Kier molecular flexibility index (Phi) is 3.95. The van der Waals surface area contributed by atoms with E-state index in [1.165, 1.54) is 15.3 Å². The van der Waals surface area contributed by atoms with Crippen molar-refractivity contribution in [3.05, 3.63) is 30.6 Å². The molecule has 1 aliphatic heterocycles. The SMILES string of the molecule is CC1(C)CN(S(=O)(=O)c2ccc(-n3cnnn3)cc2)CCC1O. The number of nitrogens with zero attached hydrogens (tertiary/aromatic N) is 5. The fourth-order valence-electron chi connectivity index (χ4n) is 2.70. The Morgan fingerprint density at radius 2 is 1.96 bits per heavy atom. The van der Waals surface area contributed by atoms with Crippen LogP contribution in [-0.2, 0) is 10.0 Å². The zero-order valence-electron chi connectivity index (χ0n) is 13.0. The summed E-state index contributed by atoms with van der Waals surface area (Å²) >= 11 is 0. The van der Waals surface area contributed by atoms with E-state index in [-0.39, 0.29) is 4.90 Å². The highest BCUT2D eigenvalue weighted by Gasteiger charge is 2.39. The van der Waals surface area contributed by atoms with Crippen molar-refractivity contribution in [2.24, 2.45) is 5.41 Å². The molecular formula is C14H19N5O3S. The standard InChI is InChI=1S/C14H19N5O3S/c1-14(2)9-18(8-7-13(14)20)23(21,22)12-5-3-11(4-6-12)19-10-15-16-17-19/h3-6,10,13,20H,7-9H2,1-2H3. The third-order valence-corrected chi connectivity index (χ3v) is 6.09. The lowest BCUT2D eigenvalue weighted by molar-refractivity contribution is -0.000313. The third-order valence-electron chi connectivity index (χ3n) is 4.23. The number of piperidine rings is 1. The third kappa shape index (κ3) is 2.99. The topological polar surface area (TPSA) is 101 Å². The molecule has 3 rings (SSSR count). The van der Waals surface area contributed by atoms with Gasteiger partial charge in [-0.15, -0.1) is 5.10 Å². The Balaban J connectivity index is 1.85.